The summed E-state index contributed by atoms with van der Waals surface area (Å²) in [7, 11) is 0. The predicted octanol–water partition coefficient (Wildman–Crippen LogP) is 3.05. The summed E-state index contributed by atoms with van der Waals surface area (Å²) in [6.07, 6.45) is 7.06. The molecule has 0 aromatic carbocycles. The molecule has 1 amide bonds. The molecular weight excluding hydrogens is 312 g/mol. The van der Waals surface area contributed by atoms with E-state index in [4.69, 9.17) is 11.6 Å². The fourth-order valence-corrected chi connectivity index (χ4v) is 2.74. The average Bonchev–Trinajstić information content (AvgIpc) is 2.61. The van der Waals surface area contributed by atoms with Gasteiger partial charge in [-0.1, -0.05) is 17.7 Å². The van der Waals surface area contributed by atoms with E-state index in [0.29, 0.717) is 17.3 Å². The van der Waals surface area contributed by atoms with Crippen LogP contribution < -0.4 is 10.2 Å². The van der Waals surface area contributed by atoms with E-state index in [-0.39, 0.29) is 5.91 Å². The monoisotopic (exact) mass is 330 g/mol. The van der Waals surface area contributed by atoms with E-state index in [2.05, 4.69) is 20.2 Å². The van der Waals surface area contributed by atoms with Crippen molar-refractivity contribution in [1.82, 2.24) is 15.3 Å². The molecule has 2 aromatic rings. The van der Waals surface area contributed by atoms with Crippen LogP contribution in [0.25, 0.3) is 0 Å². The van der Waals surface area contributed by atoms with Gasteiger partial charge in [-0.05, 0) is 43.0 Å². The molecule has 0 unspecified atom stereocenters. The Morgan fingerprint density at radius 3 is 2.57 bits per heavy atom. The standard InChI is InChI=1S/C17H19ClN4O/c18-15-6-5-14(12-19-15)17(23)21-11-13-4-7-16(20-10-13)22-8-2-1-3-9-22/h4-7,10,12H,1-3,8-9,11H2,(H,21,23). The summed E-state index contributed by atoms with van der Waals surface area (Å²) in [4.78, 5) is 22.7. The second-order valence-electron chi connectivity index (χ2n) is 5.62. The van der Waals surface area contributed by atoms with Crippen LogP contribution in [0.15, 0.2) is 36.7 Å². The third-order valence-electron chi connectivity index (χ3n) is 3.93. The van der Waals surface area contributed by atoms with Crippen molar-refractivity contribution in [2.45, 2.75) is 25.8 Å². The number of nitrogens with one attached hydrogen (secondary N) is 1. The van der Waals surface area contributed by atoms with E-state index in [0.717, 1.165) is 24.5 Å². The number of carbonyl (C=O) groups excluding carboxylic acids is 1. The Bertz CT molecular complexity index is 651. The summed E-state index contributed by atoms with van der Waals surface area (Å²) in [5.74, 6) is 0.843. The largest absolute Gasteiger partial charge is 0.357 e. The number of carbonyl (C=O) groups is 1. The molecule has 6 heteroatoms. The van der Waals surface area contributed by atoms with Gasteiger partial charge in [0.25, 0.3) is 5.91 Å². The number of piperidine rings is 1. The maximum Gasteiger partial charge on any atom is 0.253 e. The maximum atomic E-state index is 12.0. The van der Waals surface area contributed by atoms with Gasteiger partial charge in [-0.3, -0.25) is 4.79 Å². The highest BCUT2D eigenvalue weighted by Gasteiger charge is 2.12. The van der Waals surface area contributed by atoms with Crippen LogP contribution in [0.4, 0.5) is 5.82 Å². The van der Waals surface area contributed by atoms with Gasteiger partial charge in [-0.25, -0.2) is 9.97 Å². The number of pyridine rings is 2. The molecule has 0 saturated carbocycles. The normalized spacial score (nSPS) is 14.6. The SMILES string of the molecule is O=C(NCc1ccc(N2CCCCC2)nc1)c1ccc(Cl)nc1. The zero-order chi connectivity index (χ0) is 16.1. The van der Waals surface area contributed by atoms with Crippen molar-refractivity contribution >= 4 is 23.3 Å². The number of aromatic nitrogens is 2. The maximum absolute atomic E-state index is 12.0. The molecule has 1 aliphatic heterocycles. The summed E-state index contributed by atoms with van der Waals surface area (Å²) in [5, 5.41) is 3.23. The minimum absolute atomic E-state index is 0.172. The Kier molecular flexibility index (Phi) is 5.08. The van der Waals surface area contributed by atoms with Gasteiger partial charge in [-0.2, -0.15) is 0 Å². The molecule has 1 N–H and O–H groups in total. The fraction of sp³-hybridized carbons (Fsp3) is 0.353. The van der Waals surface area contributed by atoms with Crippen molar-refractivity contribution in [2.24, 2.45) is 0 Å². The highest BCUT2D eigenvalue weighted by Crippen LogP contribution is 2.17. The van der Waals surface area contributed by atoms with E-state index < -0.39 is 0 Å². The minimum Gasteiger partial charge on any atom is -0.357 e. The molecule has 3 heterocycles. The van der Waals surface area contributed by atoms with Crippen molar-refractivity contribution in [1.29, 1.82) is 0 Å². The lowest BCUT2D eigenvalue weighted by Crippen LogP contribution is -2.30. The van der Waals surface area contributed by atoms with Crippen LogP contribution in [0, 0.1) is 0 Å². The van der Waals surface area contributed by atoms with Crippen LogP contribution in [-0.4, -0.2) is 29.0 Å². The van der Waals surface area contributed by atoms with Gasteiger partial charge in [0.05, 0.1) is 5.56 Å². The van der Waals surface area contributed by atoms with Gasteiger partial charge >= 0.3 is 0 Å². The van der Waals surface area contributed by atoms with Gasteiger partial charge in [0.1, 0.15) is 11.0 Å². The van der Waals surface area contributed by atoms with Gasteiger partial charge in [0.15, 0.2) is 0 Å². The Hall–Kier alpha value is -2.14. The molecule has 0 aliphatic carbocycles. The minimum atomic E-state index is -0.172. The summed E-state index contributed by atoms with van der Waals surface area (Å²) in [6, 6.07) is 7.29. The molecule has 120 valence electrons. The Balaban J connectivity index is 1.55. The van der Waals surface area contributed by atoms with Gasteiger partial charge in [0, 0.05) is 32.0 Å². The lowest BCUT2D eigenvalue weighted by molar-refractivity contribution is 0.0950. The van der Waals surface area contributed by atoms with E-state index in [9.17, 15) is 4.79 Å². The third kappa shape index (κ3) is 4.20. The molecule has 3 rings (SSSR count). The van der Waals surface area contributed by atoms with E-state index >= 15 is 0 Å². The molecule has 0 spiro atoms. The number of hydrogen-bond acceptors (Lipinski definition) is 4. The Morgan fingerprint density at radius 2 is 1.91 bits per heavy atom. The Labute approximate surface area is 140 Å². The summed E-state index contributed by atoms with van der Waals surface area (Å²) in [5.41, 5.74) is 1.47. The van der Waals surface area contributed by atoms with E-state index in [1.54, 1.807) is 12.1 Å². The van der Waals surface area contributed by atoms with E-state index in [1.165, 1.54) is 25.5 Å². The van der Waals surface area contributed by atoms with Crippen LogP contribution in [-0.2, 0) is 6.54 Å². The van der Waals surface area contributed by atoms with Gasteiger partial charge in [-0.15, -0.1) is 0 Å². The lowest BCUT2D eigenvalue weighted by atomic mass is 10.1. The topological polar surface area (TPSA) is 58.1 Å². The molecule has 2 aromatic heterocycles. The first-order valence-electron chi connectivity index (χ1n) is 7.82. The molecule has 0 atom stereocenters. The highest BCUT2D eigenvalue weighted by molar-refractivity contribution is 6.29. The first kappa shape index (κ1) is 15.7. The smallest absolute Gasteiger partial charge is 0.253 e. The number of hydrogen-bond donors (Lipinski definition) is 1. The van der Waals surface area contributed by atoms with Gasteiger partial charge < -0.3 is 10.2 Å². The zero-order valence-corrected chi connectivity index (χ0v) is 13.6. The first-order chi connectivity index (χ1) is 11.2. The van der Waals surface area contributed by atoms with Crippen molar-refractivity contribution < 1.29 is 4.79 Å². The van der Waals surface area contributed by atoms with Crippen LogP contribution in [0.1, 0.15) is 35.2 Å². The van der Waals surface area contributed by atoms with Crippen LogP contribution in [0.2, 0.25) is 5.15 Å². The molecule has 1 aliphatic rings. The van der Waals surface area contributed by atoms with Crippen molar-refractivity contribution in [2.75, 3.05) is 18.0 Å². The van der Waals surface area contributed by atoms with Crippen molar-refractivity contribution in [3.05, 3.63) is 52.9 Å². The first-order valence-corrected chi connectivity index (χ1v) is 8.20. The zero-order valence-electron chi connectivity index (χ0n) is 12.8. The average molecular weight is 331 g/mol. The van der Waals surface area contributed by atoms with Crippen molar-refractivity contribution in [3.8, 4) is 0 Å². The predicted molar refractivity (Wildman–Crippen MR) is 90.7 cm³/mol. The highest BCUT2D eigenvalue weighted by atomic mass is 35.5. The second kappa shape index (κ2) is 7.42. The third-order valence-corrected chi connectivity index (χ3v) is 4.16. The van der Waals surface area contributed by atoms with Gasteiger partial charge in [0.2, 0.25) is 0 Å². The molecule has 5 nitrogen and oxygen atoms in total. The van der Waals surface area contributed by atoms with Crippen LogP contribution in [0.3, 0.4) is 0 Å². The van der Waals surface area contributed by atoms with Crippen LogP contribution in [0.5, 0.6) is 0 Å². The van der Waals surface area contributed by atoms with E-state index in [1.807, 2.05) is 18.3 Å². The van der Waals surface area contributed by atoms with Crippen LogP contribution >= 0.6 is 11.6 Å². The fourth-order valence-electron chi connectivity index (χ4n) is 2.63. The number of amides is 1. The summed E-state index contributed by atoms with van der Waals surface area (Å²) < 4.78 is 0. The van der Waals surface area contributed by atoms with Crippen molar-refractivity contribution in [3.63, 3.8) is 0 Å². The summed E-state index contributed by atoms with van der Waals surface area (Å²) >= 11 is 5.71. The Morgan fingerprint density at radius 1 is 1.09 bits per heavy atom. The number of halogens is 1. The number of rotatable bonds is 4. The molecule has 23 heavy (non-hydrogen) atoms. The quantitative estimate of drug-likeness (QED) is 0.875. The lowest BCUT2D eigenvalue weighted by Gasteiger charge is -2.27. The number of nitrogens with zero attached hydrogens (tertiary/aromatic N) is 3. The molecular formula is C17H19ClN4O. The molecule has 0 radical (unpaired) electrons. The molecule has 1 saturated heterocycles. The number of anilines is 1. The molecule has 0 bridgehead atoms. The summed E-state index contributed by atoms with van der Waals surface area (Å²) in [6.45, 7) is 2.59. The second-order valence-corrected chi connectivity index (χ2v) is 6.01. The molecule has 1 fully saturated rings.